The molecular formula is C26H18FN5O3S2. The fourth-order valence-corrected chi connectivity index (χ4v) is 5.73. The van der Waals surface area contributed by atoms with E-state index < -0.39 is 10.0 Å². The number of rotatable bonds is 6. The summed E-state index contributed by atoms with van der Waals surface area (Å²) in [5, 5.41) is 18.7. The van der Waals surface area contributed by atoms with Gasteiger partial charge in [-0.15, -0.1) is 10.2 Å². The van der Waals surface area contributed by atoms with Gasteiger partial charge in [0.2, 0.25) is 5.13 Å². The average Bonchev–Trinajstić information content (AvgIpc) is 3.41. The van der Waals surface area contributed by atoms with Gasteiger partial charge < -0.3 is 4.74 Å². The number of nitriles is 1. The van der Waals surface area contributed by atoms with Gasteiger partial charge in [0.1, 0.15) is 17.1 Å². The first kappa shape index (κ1) is 24.3. The molecule has 37 heavy (non-hydrogen) atoms. The van der Waals surface area contributed by atoms with Crippen LogP contribution in [0.5, 0.6) is 5.75 Å². The monoisotopic (exact) mass is 531 g/mol. The zero-order chi connectivity index (χ0) is 26.2. The van der Waals surface area contributed by atoms with Crippen molar-refractivity contribution in [2.24, 2.45) is 0 Å². The van der Waals surface area contributed by atoms with Gasteiger partial charge in [0.25, 0.3) is 10.0 Å². The van der Waals surface area contributed by atoms with Gasteiger partial charge in [0.05, 0.1) is 29.3 Å². The second-order valence-corrected chi connectivity index (χ2v) is 10.6. The smallest absolute Gasteiger partial charge is 0.263 e. The Hall–Kier alpha value is -4.40. The number of benzene rings is 3. The molecule has 5 rings (SSSR count). The van der Waals surface area contributed by atoms with E-state index in [1.54, 1.807) is 49.5 Å². The molecule has 0 aliphatic heterocycles. The maximum atomic E-state index is 13.8. The maximum Gasteiger partial charge on any atom is 0.263 e. The lowest BCUT2D eigenvalue weighted by Crippen LogP contribution is -2.12. The minimum atomic E-state index is -3.88. The number of sulfonamides is 1. The van der Waals surface area contributed by atoms with Crippen LogP contribution in [-0.2, 0) is 10.0 Å². The largest absolute Gasteiger partial charge is 0.496 e. The lowest BCUT2D eigenvalue weighted by Gasteiger charge is -2.15. The normalized spacial score (nSPS) is 11.3. The molecule has 0 unspecified atom stereocenters. The summed E-state index contributed by atoms with van der Waals surface area (Å²) in [4.78, 5) is 4.58. The van der Waals surface area contributed by atoms with Crippen LogP contribution in [-0.4, -0.2) is 30.7 Å². The van der Waals surface area contributed by atoms with Crippen LogP contribution in [0.1, 0.15) is 11.1 Å². The molecule has 1 N–H and O–H groups in total. The van der Waals surface area contributed by atoms with Crippen LogP contribution in [0.15, 0.2) is 71.2 Å². The van der Waals surface area contributed by atoms with Crippen LogP contribution in [0.25, 0.3) is 33.2 Å². The Morgan fingerprint density at radius 2 is 1.92 bits per heavy atom. The highest BCUT2D eigenvalue weighted by atomic mass is 32.2. The van der Waals surface area contributed by atoms with E-state index in [1.165, 1.54) is 30.8 Å². The summed E-state index contributed by atoms with van der Waals surface area (Å²) < 4.78 is 47.6. The van der Waals surface area contributed by atoms with Gasteiger partial charge >= 0.3 is 0 Å². The summed E-state index contributed by atoms with van der Waals surface area (Å²) in [7, 11) is -2.36. The zero-order valence-corrected chi connectivity index (χ0v) is 21.2. The van der Waals surface area contributed by atoms with E-state index in [0.29, 0.717) is 50.0 Å². The van der Waals surface area contributed by atoms with E-state index in [9.17, 15) is 18.1 Å². The molecule has 3 aromatic carbocycles. The number of nitrogens with one attached hydrogen (secondary N) is 1. The Morgan fingerprint density at radius 1 is 1.08 bits per heavy atom. The van der Waals surface area contributed by atoms with Crippen LogP contribution in [0.3, 0.4) is 0 Å². The fraction of sp³-hybridized carbons (Fsp3) is 0.0769. The van der Waals surface area contributed by atoms with Gasteiger partial charge in [-0.3, -0.25) is 9.71 Å². The van der Waals surface area contributed by atoms with Crippen molar-refractivity contribution in [1.29, 1.82) is 5.26 Å². The molecule has 0 saturated heterocycles. The molecule has 0 bridgehead atoms. The van der Waals surface area contributed by atoms with Crippen molar-refractivity contribution in [3.8, 4) is 34.2 Å². The van der Waals surface area contributed by atoms with Crippen LogP contribution >= 0.6 is 11.3 Å². The number of aromatic nitrogens is 3. The number of fused-ring (bicyclic) bond motifs is 1. The maximum absolute atomic E-state index is 13.8. The second-order valence-electron chi connectivity index (χ2n) is 8.07. The van der Waals surface area contributed by atoms with Crippen molar-refractivity contribution >= 4 is 37.3 Å². The third-order valence-electron chi connectivity index (χ3n) is 5.81. The molecule has 8 nitrogen and oxygen atoms in total. The van der Waals surface area contributed by atoms with Gasteiger partial charge in [-0.25, -0.2) is 12.8 Å². The number of hydrogen-bond acceptors (Lipinski definition) is 8. The average molecular weight is 532 g/mol. The highest BCUT2D eigenvalue weighted by Crippen LogP contribution is 2.39. The SMILES string of the molecule is COc1cc(-c2ccc(F)c(C)c2)c(C#N)cc1-c1nccc2cc(S(=O)(=O)Nc3nncs3)ccc12. The molecular weight excluding hydrogens is 513 g/mol. The molecule has 5 aromatic rings. The number of anilines is 1. The Kier molecular flexibility index (Phi) is 6.29. The Labute approximate surface area is 216 Å². The van der Waals surface area contributed by atoms with E-state index in [2.05, 4.69) is 26.0 Å². The Bertz CT molecular complexity index is 1800. The predicted octanol–water partition coefficient (Wildman–Crippen LogP) is 5.55. The highest BCUT2D eigenvalue weighted by molar-refractivity contribution is 7.93. The van der Waals surface area contributed by atoms with E-state index >= 15 is 0 Å². The summed E-state index contributed by atoms with van der Waals surface area (Å²) >= 11 is 1.07. The number of ether oxygens (including phenoxy) is 1. The van der Waals surface area contributed by atoms with Crippen LogP contribution < -0.4 is 9.46 Å². The molecule has 2 heterocycles. The van der Waals surface area contributed by atoms with Gasteiger partial charge in [-0.2, -0.15) is 5.26 Å². The lowest BCUT2D eigenvalue weighted by atomic mass is 9.94. The number of nitrogens with zero attached hydrogens (tertiary/aromatic N) is 4. The lowest BCUT2D eigenvalue weighted by molar-refractivity contribution is 0.416. The summed E-state index contributed by atoms with van der Waals surface area (Å²) in [5.41, 5.74) is 4.63. The van der Waals surface area contributed by atoms with E-state index in [1.807, 2.05) is 0 Å². The molecule has 11 heteroatoms. The molecule has 0 amide bonds. The van der Waals surface area contributed by atoms with E-state index in [-0.39, 0.29) is 15.8 Å². The summed E-state index contributed by atoms with van der Waals surface area (Å²) in [5.74, 6) is 0.135. The van der Waals surface area contributed by atoms with E-state index in [0.717, 1.165) is 11.3 Å². The van der Waals surface area contributed by atoms with Gasteiger partial charge in [-0.1, -0.05) is 23.5 Å². The first-order valence-electron chi connectivity index (χ1n) is 10.9. The van der Waals surface area contributed by atoms with Crippen LogP contribution in [0, 0.1) is 24.1 Å². The van der Waals surface area contributed by atoms with Gasteiger partial charge in [0.15, 0.2) is 0 Å². The third-order valence-corrected chi connectivity index (χ3v) is 7.88. The molecule has 184 valence electrons. The molecule has 0 aliphatic rings. The topological polar surface area (TPSA) is 118 Å². The first-order chi connectivity index (χ1) is 17.8. The van der Waals surface area contributed by atoms with Crippen molar-refractivity contribution in [3.63, 3.8) is 0 Å². The van der Waals surface area contributed by atoms with Crippen molar-refractivity contribution in [1.82, 2.24) is 15.2 Å². The quantitative estimate of drug-likeness (QED) is 0.305. The van der Waals surface area contributed by atoms with Crippen LogP contribution in [0.4, 0.5) is 9.52 Å². The summed E-state index contributed by atoms with van der Waals surface area (Å²) in [6, 6.07) is 16.7. The predicted molar refractivity (Wildman–Crippen MR) is 139 cm³/mol. The summed E-state index contributed by atoms with van der Waals surface area (Å²) in [6.45, 7) is 1.66. The molecule has 0 aliphatic carbocycles. The minimum absolute atomic E-state index is 0.0547. The molecule has 0 atom stereocenters. The Balaban J connectivity index is 1.63. The van der Waals surface area contributed by atoms with Crippen molar-refractivity contribution in [3.05, 3.63) is 83.2 Å². The van der Waals surface area contributed by atoms with Crippen molar-refractivity contribution < 1.29 is 17.5 Å². The molecule has 2 aromatic heterocycles. The number of aryl methyl sites for hydroxylation is 1. The molecule has 0 fully saturated rings. The van der Waals surface area contributed by atoms with Crippen molar-refractivity contribution in [2.75, 3.05) is 11.8 Å². The molecule has 0 saturated carbocycles. The number of hydrogen-bond donors (Lipinski definition) is 1. The van der Waals surface area contributed by atoms with Gasteiger partial charge in [0, 0.05) is 22.7 Å². The fourth-order valence-electron chi connectivity index (χ4n) is 4.01. The highest BCUT2D eigenvalue weighted by Gasteiger charge is 2.20. The Morgan fingerprint density at radius 3 is 2.62 bits per heavy atom. The minimum Gasteiger partial charge on any atom is -0.496 e. The molecule has 0 radical (unpaired) electrons. The number of pyridine rings is 1. The van der Waals surface area contributed by atoms with Crippen LogP contribution in [0.2, 0.25) is 0 Å². The zero-order valence-electron chi connectivity index (χ0n) is 19.6. The summed E-state index contributed by atoms with van der Waals surface area (Å²) in [6.07, 6.45) is 1.56. The van der Waals surface area contributed by atoms with Gasteiger partial charge in [-0.05, 0) is 65.9 Å². The standard InChI is InChI=1S/C26H18FN5O3S2/c1-15-9-16(3-6-23(15)27)21-12-24(35-2)22(11-18(21)13-28)25-20-5-4-19(10-17(20)7-8-29-25)37(33,34)32-26-31-30-14-36-26/h3-12,14H,1-2H3,(H,31,32). The second kappa shape index (κ2) is 9.57. The first-order valence-corrected chi connectivity index (χ1v) is 13.2. The number of methoxy groups -OCH3 is 1. The van der Waals surface area contributed by atoms with E-state index in [4.69, 9.17) is 4.74 Å². The third kappa shape index (κ3) is 4.60. The molecule has 0 spiro atoms. The number of halogens is 1. The van der Waals surface area contributed by atoms with Crippen molar-refractivity contribution in [2.45, 2.75) is 11.8 Å².